The minimum atomic E-state index is -4.27. The molecule has 0 aromatic carbocycles. The zero-order chi connectivity index (χ0) is 40.2. The largest absolute Gasteiger partial charge is 0.472 e. The molecule has 0 aliphatic rings. The number of hydrogen-bond acceptors (Lipinski definition) is 7. The molecule has 0 aromatic heterocycles. The predicted molar refractivity (Wildman–Crippen MR) is 234 cm³/mol. The number of carbonyl (C=O) groups excluding carboxylic acids is 1. The van der Waals surface area contributed by atoms with Gasteiger partial charge in [0, 0.05) is 19.6 Å². The highest BCUT2D eigenvalue weighted by molar-refractivity contribution is 7.47. The zero-order valence-corrected chi connectivity index (χ0v) is 37.3. The molecular formula is C46H92NO7P. The lowest BCUT2D eigenvalue weighted by atomic mass is 10.0. The maximum absolute atomic E-state index is 12.6. The average Bonchev–Trinajstić information content (AvgIpc) is 3.17. The standard InChI is InChI=1S/C46H92NO7P/c1-3-5-7-9-11-13-15-17-19-20-21-22-23-24-25-26-28-30-32-34-36-38-41-51-43-45(44-53-55(49,50)52-42-40-47)54-46(48)39-37-35-33-31-29-27-18-16-14-12-10-8-6-4-2/h20-21,45H,3-19,22-44,47H2,1-2H3,(H,49,50)/b21-20-. The first-order valence-corrected chi connectivity index (χ1v) is 25.2. The summed E-state index contributed by atoms with van der Waals surface area (Å²) in [7, 11) is -4.27. The van der Waals surface area contributed by atoms with Crippen molar-refractivity contribution in [2.75, 3.05) is 33.0 Å². The molecule has 328 valence electrons. The highest BCUT2D eigenvalue weighted by Crippen LogP contribution is 2.43. The van der Waals surface area contributed by atoms with Crippen LogP contribution in [0.5, 0.6) is 0 Å². The smallest absolute Gasteiger partial charge is 0.457 e. The highest BCUT2D eigenvalue weighted by atomic mass is 31.2. The topological polar surface area (TPSA) is 117 Å². The first-order valence-electron chi connectivity index (χ1n) is 23.7. The van der Waals surface area contributed by atoms with Gasteiger partial charge in [-0.2, -0.15) is 0 Å². The molecular weight excluding hydrogens is 709 g/mol. The molecule has 2 unspecified atom stereocenters. The fourth-order valence-electron chi connectivity index (χ4n) is 6.93. The number of ether oxygens (including phenoxy) is 2. The lowest BCUT2D eigenvalue weighted by Crippen LogP contribution is -2.28. The van der Waals surface area contributed by atoms with Gasteiger partial charge < -0.3 is 20.1 Å². The van der Waals surface area contributed by atoms with Gasteiger partial charge in [-0.3, -0.25) is 13.8 Å². The van der Waals surface area contributed by atoms with Gasteiger partial charge in [0.2, 0.25) is 0 Å². The van der Waals surface area contributed by atoms with Gasteiger partial charge in [0.1, 0.15) is 6.10 Å². The van der Waals surface area contributed by atoms with Crippen molar-refractivity contribution in [2.24, 2.45) is 5.73 Å². The van der Waals surface area contributed by atoms with Crippen LogP contribution in [0, 0.1) is 0 Å². The molecule has 0 radical (unpaired) electrons. The fourth-order valence-corrected chi connectivity index (χ4v) is 7.70. The summed E-state index contributed by atoms with van der Waals surface area (Å²) in [5, 5.41) is 0. The van der Waals surface area contributed by atoms with Gasteiger partial charge in [0.25, 0.3) is 0 Å². The van der Waals surface area contributed by atoms with Gasteiger partial charge in [0.05, 0.1) is 19.8 Å². The number of esters is 1. The van der Waals surface area contributed by atoms with Crippen molar-refractivity contribution >= 4 is 13.8 Å². The summed E-state index contributed by atoms with van der Waals surface area (Å²) in [4.78, 5) is 22.5. The number of carbonyl (C=O) groups is 1. The van der Waals surface area contributed by atoms with Gasteiger partial charge in [-0.1, -0.05) is 206 Å². The number of phosphoric acid groups is 1. The van der Waals surface area contributed by atoms with E-state index >= 15 is 0 Å². The summed E-state index contributed by atoms with van der Waals surface area (Å²) >= 11 is 0. The Morgan fingerprint density at radius 1 is 0.527 bits per heavy atom. The minimum Gasteiger partial charge on any atom is -0.457 e. The van der Waals surface area contributed by atoms with Crippen LogP contribution in [0.25, 0.3) is 0 Å². The van der Waals surface area contributed by atoms with Crippen molar-refractivity contribution in [3.8, 4) is 0 Å². The lowest BCUT2D eigenvalue weighted by Gasteiger charge is -2.20. The van der Waals surface area contributed by atoms with Crippen LogP contribution >= 0.6 is 7.82 Å². The molecule has 0 aromatic rings. The molecule has 0 saturated carbocycles. The number of rotatable bonds is 46. The van der Waals surface area contributed by atoms with E-state index in [0.29, 0.717) is 13.0 Å². The predicted octanol–water partition coefficient (Wildman–Crippen LogP) is 14.3. The summed E-state index contributed by atoms with van der Waals surface area (Å²) in [6, 6.07) is 0. The van der Waals surface area contributed by atoms with E-state index in [1.165, 1.54) is 186 Å². The second-order valence-electron chi connectivity index (χ2n) is 16.0. The summed E-state index contributed by atoms with van der Waals surface area (Å²) in [5.41, 5.74) is 5.38. The number of allylic oxidation sites excluding steroid dienone is 2. The quantitative estimate of drug-likeness (QED) is 0.0270. The number of unbranched alkanes of at least 4 members (excludes halogenated alkanes) is 31. The van der Waals surface area contributed by atoms with Gasteiger partial charge in [0.15, 0.2) is 0 Å². The van der Waals surface area contributed by atoms with E-state index in [9.17, 15) is 14.3 Å². The Kier molecular flexibility index (Phi) is 43.7. The molecule has 0 aliphatic heterocycles. The van der Waals surface area contributed by atoms with Crippen molar-refractivity contribution in [2.45, 2.75) is 245 Å². The molecule has 8 nitrogen and oxygen atoms in total. The molecule has 0 fully saturated rings. The van der Waals surface area contributed by atoms with Crippen LogP contribution in [-0.2, 0) is 27.9 Å². The molecule has 55 heavy (non-hydrogen) atoms. The van der Waals surface area contributed by atoms with Crippen LogP contribution in [0.15, 0.2) is 12.2 Å². The number of nitrogens with two attached hydrogens (primary N) is 1. The van der Waals surface area contributed by atoms with Crippen LogP contribution in [0.2, 0.25) is 0 Å². The second kappa shape index (κ2) is 44.3. The van der Waals surface area contributed by atoms with Crippen LogP contribution < -0.4 is 5.73 Å². The average molecular weight is 802 g/mol. The summed E-state index contributed by atoms with van der Waals surface area (Å²) in [6.07, 6.45) is 48.1. The number of hydrogen-bond donors (Lipinski definition) is 2. The summed E-state index contributed by atoms with van der Waals surface area (Å²) < 4.78 is 33.5. The molecule has 0 spiro atoms. The molecule has 0 heterocycles. The lowest BCUT2D eigenvalue weighted by molar-refractivity contribution is -0.154. The second-order valence-corrected chi connectivity index (χ2v) is 17.4. The Labute approximate surface area is 341 Å². The van der Waals surface area contributed by atoms with E-state index in [1.54, 1.807) is 0 Å². The molecule has 0 amide bonds. The monoisotopic (exact) mass is 802 g/mol. The van der Waals surface area contributed by atoms with Crippen molar-refractivity contribution in [3.05, 3.63) is 12.2 Å². The summed E-state index contributed by atoms with van der Waals surface area (Å²) in [5.74, 6) is -0.326. The van der Waals surface area contributed by atoms with E-state index in [0.717, 1.165) is 32.1 Å². The van der Waals surface area contributed by atoms with E-state index < -0.39 is 13.9 Å². The van der Waals surface area contributed by atoms with Crippen LogP contribution in [0.4, 0.5) is 0 Å². The Balaban J connectivity index is 3.91. The van der Waals surface area contributed by atoms with Crippen LogP contribution in [-0.4, -0.2) is 49.9 Å². The zero-order valence-electron chi connectivity index (χ0n) is 36.4. The normalized spacial score (nSPS) is 13.5. The molecule has 0 saturated heterocycles. The first kappa shape index (κ1) is 54.2. The third-order valence-electron chi connectivity index (χ3n) is 10.4. The van der Waals surface area contributed by atoms with E-state index in [4.69, 9.17) is 24.3 Å². The third kappa shape index (κ3) is 44.2. The Hall–Kier alpha value is -0.760. The van der Waals surface area contributed by atoms with Crippen molar-refractivity contribution in [1.82, 2.24) is 0 Å². The maximum atomic E-state index is 12.6. The van der Waals surface area contributed by atoms with Gasteiger partial charge >= 0.3 is 13.8 Å². The SMILES string of the molecule is CCCCCCCCCC/C=C\CCCCCCCCCCCCOCC(COP(=O)(O)OCCN)OC(=O)CCCCCCCCCCCCCCCC. The van der Waals surface area contributed by atoms with E-state index in [-0.39, 0.29) is 32.3 Å². The van der Waals surface area contributed by atoms with E-state index in [1.807, 2.05) is 0 Å². The molecule has 2 atom stereocenters. The number of phosphoric ester groups is 1. The highest BCUT2D eigenvalue weighted by Gasteiger charge is 2.25. The van der Waals surface area contributed by atoms with Crippen LogP contribution in [0.3, 0.4) is 0 Å². The third-order valence-corrected chi connectivity index (χ3v) is 11.4. The molecule has 3 N–H and O–H groups in total. The molecule has 0 bridgehead atoms. The van der Waals surface area contributed by atoms with Crippen molar-refractivity contribution in [1.29, 1.82) is 0 Å². The van der Waals surface area contributed by atoms with E-state index in [2.05, 4.69) is 26.0 Å². The molecule has 0 rings (SSSR count). The maximum Gasteiger partial charge on any atom is 0.472 e. The Bertz CT molecular complexity index is 858. The van der Waals surface area contributed by atoms with Gasteiger partial charge in [-0.15, -0.1) is 0 Å². The Morgan fingerprint density at radius 3 is 1.33 bits per heavy atom. The minimum absolute atomic E-state index is 0.0921. The van der Waals surface area contributed by atoms with Crippen LogP contribution in [0.1, 0.15) is 239 Å². The first-order chi connectivity index (χ1) is 26.9. The van der Waals surface area contributed by atoms with Gasteiger partial charge in [-0.05, 0) is 38.5 Å². The van der Waals surface area contributed by atoms with Gasteiger partial charge in [-0.25, -0.2) is 4.57 Å². The summed E-state index contributed by atoms with van der Waals surface area (Å²) in [6.45, 7) is 4.97. The molecule has 0 aliphatic carbocycles. The Morgan fingerprint density at radius 2 is 0.909 bits per heavy atom. The molecule has 9 heteroatoms. The van der Waals surface area contributed by atoms with Crippen molar-refractivity contribution in [3.63, 3.8) is 0 Å². The van der Waals surface area contributed by atoms with Crippen molar-refractivity contribution < 1.29 is 32.8 Å². The fraction of sp³-hybridized carbons (Fsp3) is 0.935.